The Morgan fingerprint density at radius 2 is 1.58 bits per heavy atom. The van der Waals surface area contributed by atoms with E-state index in [1.165, 1.54) is 5.56 Å². The number of carbonyl (C=O) groups is 1. The molecule has 1 rings (SSSR count). The van der Waals surface area contributed by atoms with Crippen LogP contribution < -0.4 is 4.74 Å². The minimum absolute atomic E-state index is 0.0206. The van der Waals surface area contributed by atoms with Gasteiger partial charge in [0.2, 0.25) is 0 Å². The molecule has 136 valence electrons. The zero-order chi connectivity index (χ0) is 18.5. The van der Waals surface area contributed by atoms with Gasteiger partial charge in [0.25, 0.3) is 5.91 Å². The molecule has 1 aromatic rings. The molecule has 0 heterocycles. The van der Waals surface area contributed by atoms with Gasteiger partial charge in [-0.3, -0.25) is 4.79 Å². The fourth-order valence-electron chi connectivity index (χ4n) is 2.40. The predicted octanol–water partition coefficient (Wildman–Crippen LogP) is 3.62. The van der Waals surface area contributed by atoms with Crippen molar-refractivity contribution < 1.29 is 9.53 Å². The first-order valence-corrected chi connectivity index (χ1v) is 8.77. The zero-order valence-electron chi connectivity index (χ0n) is 16.6. The van der Waals surface area contributed by atoms with Gasteiger partial charge in [0.1, 0.15) is 5.75 Å². The number of carbonyl (C=O) groups excluding carboxylic acids is 1. The largest absolute Gasteiger partial charge is 0.477 e. The Balaban J connectivity index is 2.92. The molecule has 0 N–H and O–H groups in total. The minimum Gasteiger partial charge on any atom is -0.477 e. The van der Waals surface area contributed by atoms with Crippen LogP contribution in [0.3, 0.4) is 0 Å². The summed E-state index contributed by atoms with van der Waals surface area (Å²) < 4.78 is 6.18. The third-order valence-corrected chi connectivity index (χ3v) is 4.63. The molecule has 0 radical (unpaired) electrons. The van der Waals surface area contributed by atoms with Crippen LogP contribution in [0, 0.1) is 5.92 Å². The SMILES string of the molecule is CC(C)c1ccc(OC(C)(C(=O)N(C)CCN(C)C)C(C)C)cc1. The van der Waals surface area contributed by atoms with E-state index in [-0.39, 0.29) is 11.8 Å². The van der Waals surface area contributed by atoms with Crippen LogP contribution in [0.1, 0.15) is 46.1 Å². The average molecular weight is 335 g/mol. The van der Waals surface area contributed by atoms with E-state index in [2.05, 4.69) is 30.9 Å². The van der Waals surface area contributed by atoms with E-state index in [4.69, 9.17) is 4.74 Å². The summed E-state index contributed by atoms with van der Waals surface area (Å²) in [6.07, 6.45) is 0. The highest BCUT2D eigenvalue weighted by molar-refractivity contribution is 5.85. The van der Waals surface area contributed by atoms with E-state index in [1.54, 1.807) is 4.90 Å². The van der Waals surface area contributed by atoms with Gasteiger partial charge in [-0.15, -0.1) is 0 Å². The molecule has 0 aliphatic carbocycles. The molecule has 0 aliphatic rings. The maximum Gasteiger partial charge on any atom is 0.266 e. The number of nitrogens with zero attached hydrogens (tertiary/aromatic N) is 2. The molecule has 1 amide bonds. The van der Waals surface area contributed by atoms with Gasteiger partial charge in [-0.05, 0) is 44.6 Å². The van der Waals surface area contributed by atoms with Crippen LogP contribution in [-0.4, -0.2) is 55.5 Å². The van der Waals surface area contributed by atoms with E-state index in [0.717, 1.165) is 12.3 Å². The lowest BCUT2D eigenvalue weighted by Crippen LogP contribution is -2.54. The second kappa shape index (κ2) is 8.52. The minimum atomic E-state index is -0.875. The molecule has 0 spiro atoms. The monoisotopic (exact) mass is 334 g/mol. The zero-order valence-corrected chi connectivity index (χ0v) is 16.6. The summed E-state index contributed by atoms with van der Waals surface area (Å²) in [6, 6.07) is 8.06. The molecular weight excluding hydrogens is 300 g/mol. The Morgan fingerprint density at radius 1 is 1.04 bits per heavy atom. The Morgan fingerprint density at radius 3 is 2.00 bits per heavy atom. The topological polar surface area (TPSA) is 32.8 Å². The molecule has 1 unspecified atom stereocenters. The number of hydrogen-bond donors (Lipinski definition) is 0. The molecule has 4 nitrogen and oxygen atoms in total. The number of rotatable bonds is 8. The number of amides is 1. The summed E-state index contributed by atoms with van der Waals surface area (Å²) in [4.78, 5) is 16.8. The highest BCUT2D eigenvalue weighted by atomic mass is 16.5. The first kappa shape index (κ1) is 20.5. The summed E-state index contributed by atoms with van der Waals surface area (Å²) in [7, 11) is 5.86. The average Bonchev–Trinajstić information content (AvgIpc) is 2.51. The van der Waals surface area contributed by atoms with Crippen molar-refractivity contribution in [2.24, 2.45) is 5.92 Å². The highest BCUT2D eigenvalue weighted by Gasteiger charge is 2.41. The van der Waals surface area contributed by atoms with Crippen LogP contribution >= 0.6 is 0 Å². The highest BCUT2D eigenvalue weighted by Crippen LogP contribution is 2.28. The van der Waals surface area contributed by atoms with Crippen LogP contribution in [0.4, 0.5) is 0 Å². The maximum absolute atomic E-state index is 13.0. The Labute approximate surface area is 147 Å². The standard InChI is InChI=1S/C20H34N2O2/c1-15(2)17-9-11-18(12-10-17)24-20(5,16(3)4)19(23)22(8)14-13-21(6)7/h9-12,15-16H,13-14H2,1-8H3. The van der Waals surface area contributed by atoms with E-state index >= 15 is 0 Å². The Kier molecular flexibility index (Phi) is 7.27. The molecule has 24 heavy (non-hydrogen) atoms. The second-order valence-electron chi connectivity index (χ2n) is 7.62. The number of benzene rings is 1. The van der Waals surface area contributed by atoms with Crippen LogP contribution in [0.2, 0.25) is 0 Å². The lowest BCUT2D eigenvalue weighted by molar-refractivity contribution is -0.149. The normalized spacial score (nSPS) is 14.1. The molecule has 0 aliphatic heterocycles. The molecular formula is C20H34N2O2. The molecule has 4 heteroatoms. The van der Waals surface area contributed by atoms with Gasteiger partial charge in [0, 0.05) is 26.1 Å². The van der Waals surface area contributed by atoms with Gasteiger partial charge in [-0.2, -0.15) is 0 Å². The van der Waals surface area contributed by atoms with Crippen molar-refractivity contribution >= 4 is 5.91 Å². The van der Waals surface area contributed by atoms with Gasteiger partial charge in [-0.1, -0.05) is 39.8 Å². The van der Waals surface area contributed by atoms with Gasteiger partial charge in [0.15, 0.2) is 5.60 Å². The van der Waals surface area contributed by atoms with E-state index in [9.17, 15) is 4.79 Å². The molecule has 1 aromatic carbocycles. The molecule has 0 fully saturated rings. The van der Waals surface area contributed by atoms with Gasteiger partial charge >= 0.3 is 0 Å². The van der Waals surface area contributed by atoms with Gasteiger partial charge in [0.05, 0.1) is 0 Å². The van der Waals surface area contributed by atoms with Crippen molar-refractivity contribution in [2.75, 3.05) is 34.2 Å². The van der Waals surface area contributed by atoms with Gasteiger partial charge in [-0.25, -0.2) is 0 Å². The fourth-order valence-corrected chi connectivity index (χ4v) is 2.40. The van der Waals surface area contributed by atoms with Crippen molar-refractivity contribution in [3.63, 3.8) is 0 Å². The summed E-state index contributed by atoms with van der Waals surface area (Å²) in [5.74, 6) is 1.31. The van der Waals surface area contributed by atoms with Crippen LogP contribution in [0.5, 0.6) is 5.75 Å². The maximum atomic E-state index is 13.0. The summed E-state index contributed by atoms with van der Waals surface area (Å²) in [6.45, 7) is 11.8. The quantitative estimate of drug-likeness (QED) is 0.728. The third-order valence-electron chi connectivity index (χ3n) is 4.63. The summed E-state index contributed by atoms with van der Waals surface area (Å²) >= 11 is 0. The third kappa shape index (κ3) is 5.23. The van der Waals surface area contributed by atoms with Crippen LogP contribution in [-0.2, 0) is 4.79 Å². The predicted molar refractivity (Wildman–Crippen MR) is 101 cm³/mol. The van der Waals surface area contributed by atoms with Crippen molar-refractivity contribution in [1.82, 2.24) is 9.80 Å². The number of hydrogen-bond acceptors (Lipinski definition) is 3. The molecule has 0 bridgehead atoms. The first-order chi connectivity index (χ1) is 11.1. The van der Waals surface area contributed by atoms with Crippen LogP contribution in [0.15, 0.2) is 24.3 Å². The Hall–Kier alpha value is -1.55. The van der Waals surface area contributed by atoms with E-state index in [1.807, 2.05) is 54.0 Å². The van der Waals surface area contributed by atoms with Crippen molar-refractivity contribution in [3.8, 4) is 5.75 Å². The fraction of sp³-hybridized carbons (Fsp3) is 0.650. The Bertz CT molecular complexity index is 523. The molecule has 0 saturated carbocycles. The number of ether oxygens (including phenoxy) is 1. The lowest BCUT2D eigenvalue weighted by atomic mass is 9.90. The molecule has 1 atom stereocenters. The van der Waals surface area contributed by atoms with Crippen molar-refractivity contribution in [1.29, 1.82) is 0 Å². The van der Waals surface area contributed by atoms with Gasteiger partial charge < -0.3 is 14.5 Å². The van der Waals surface area contributed by atoms with Crippen LogP contribution in [0.25, 0.3) is 0 Å². The number of likely N-dealkylation sites (N-methyl/N-ethyl adjacent to an activating group) is 2. The lowest BCUT2D eigenvalue weighted by Gasteiger charge is -2.36. The first-order valence-electron chi connectivity index (χ1n) is 8.77. The smallest absolute Gasteiger partial charge is 0.266 e. The van der Waals surface area contributed by atoms with E-state index in [0.29, 0.717) is 12.5 Å². The van der Waals surface area contributed by atoms with Crippen molar-refractivity contribution in [3.05, 3.63) is 29.8 Å². The summed E-state index contributed by atoms with van der Waals surface area (Å²) in [5, 5.41) is 0. The summed E-state index contributed by atoms with van der Waals surface area (Å²) in [5.41, 5.74) is 0.392. The second-order valence-corrected chi connectivity index (χ2v) is 7.62. The van der Waals surface area contributed by atoms with Crippen molar-refractivity contribution in [2.45, 2.75) is 46.1 Å². The van der Waals surface area contributed by atoms with E-state index < -0.39 is 5.60 Å². The molecule has 0 saturated heterocycles. The molecule has 0 aromatic heterocycles.